The van der Waals surface area contributed by atoms with Crippen molar-refractivity contribution in [2.45, 2.75) is 11.8 Å². The number of amides is 1. The molecule has 1 N–H and O–H groups in total. The number of hydrogen-bond acceptors (Lipinski definition) is 4. The second-order valence-corrected chi connectivity index (χ2v) is 5.90. The lowest BCUT2D eigenvalue weighted by Gasteiger charge is -2.43. The number of rotatable bonds is 4. The molecule has 110 valence electrons. The third-order valence-electron chi connectivity index (χ3n) is 3.34. The van der Waals surface area contributed by atoms with Gasteiger partial charge in [-0.1, -0.05) is 6.07 Å². The number of aliphatic carboxylic acids is 1. The Kier molecular flexibility index (Phi) is 3.59. The second-order valence-electron chi connectivity index (χ2n) is 4.74. The number of thioether (sulfide) groups is 1. The number of β-lactam (4-membered cyclic amide) rings is 1. The predicted molar refractivity (Wildman–Crippen MR) is 74.3 cm³/mol. The third kappa shape index (κ3) is 2.61. The molecule has 1 unspecified atom stereocenters. The number of nitrogens with zero attached hydrogens (tertiary/aromatic N) is 1. The first-order valence-electron chi connectivity index (χ1n) is 6.33. The van der Waals surface area contributed by atoms with E-state index < -0.39 is 11.8 Å². The fourth-order valence-corrected chi connectivity index (χ4v) is 3.56. The van der Waals surface area contributed by atoms with Gasteiger partial charge in [-0.15, -0.1) is 11.8 Å². The van der Waals surface area contributed by atoms with Crippen molar-refractivity contribution in [1.82, 2.24) is 4.90 Å². The van der Waals surface area contributed by atoms with E-state index in [-0.39, 0.29) is 23.6 Å². The summed E-state index contributed by atoms with van der Waals surface area (Å²) in [5, 5.41) is 9.23. The number of carbonyl (C=O) groups excluding carboxylic acids is 1. The van der Waals surface area contributed by atoms with Crippen molar-refractivity contribution in [2.24, 2.45) is 0 Å². The molecule has 0 spiro atoms. The second kappa shape index (κ2) is 5.40. The fraction of sp³-hybridized carbons (Fsp3) is 0.286. The summed E-state index contributed by atoms with van der Waals surface area (Å²) in [5.74, 6) is -0.921. The molecule has 1 amide bonds. The Morgan fingerprint density at radius 1 is 1.52 bits per heavy atom. The van der Waals surface area contributed by atoms with Gasteiger partial charge >= 0.3 is 5.97 Å². The van der Waals surface area contributed by atoms with Crippen molar-refractivity contribution in [3.05, 3.63) is 41.4 Å². The van der Waals surface area contributed by atoms with Crippen molar-refractivity contribution in [2.75, 3.05) is 12.4 Å². The van der Waals surface area contributed by atoms with E-state index in [1.165, 1.54) is 34.9 Å². The Morgan fingerprint density at radius 3 is 3.00 bits per heavy atom. The van der Waals surface area contributed by atoms with Crippen molar-refractivity contribution >= 4 is 23.6 Å². The van der Waals surface area contributed by atoms with Crippen LogP contribution in [0.1, 0.15) is 6.42 Å². The molecule has 1 atom stereocenters. The molecule has 3 rings (SSSR count). The van der Waals surface area contributed by atoms with Gasteiger partial charge in [0.05, 0.1) is 11.8 Å². The number of carboxylic acid groups (broad SMARTS) is 1. The van der Waals surface area contributed by atoms with Crippen LogP contribution in [-0.2, 0) is 9.59 Å². The smallest absolute Gasteiger partial charge is 0.352 e. The van der Waals surface area contributed by atoms with Gasteiger partial charge in [-0.05, 0) is 12.1 Å². The standard InChI is InChI=1S/C14H12FNO4S/c15-9-2-1-3-10(4-9)20-6-8-7-21-12-5-11(17)16(12)13(8)14(18)19/h1-4,12H,5-7H2,(H,18,19). The van der Waals surface area contributed by atoms with Crippen molar-refractivity contribution < 1.29 is 23.8 Å². The van der Waals surface area contributed by atoms with Gasteiger partial charge in [0.15, 0.2) is 0 Å². The summed E-state index contributed by atoms with van der Waals surface area (Å²) in [4.78, 5) is 24.3. The van der Waals surface area contributed by atoms with Crippen molar-refractivity contribution in [3.8, 4) is 5.75 Å². The van der Waals surface area contributed by atoms with Crippen LogP contribution in [0.5, 0.6) is 5.75 Å². The van der Waals surface area contributed by atoms with Crippen molar-refractivity contribution in [3.63, 3.8) is 0 Å². The molecule has 0 saturated carbocycles. The van der Waals surface area contributed by atoms with Gasteiger partial charge in [0.2, 0.25) is 5.91 Å². The Bertz CT molecular complexity index is 646. The Morgan fingerprint density at radius 2 is 2.33 bits per heavy atom. The minimum Gasteiger partial charge on any atom is -0.489 e. The number of fused-ring (bicyclic) bond motifs is 1. The summed E-state index contributed by atoms with van der Waals surface area (Å²) in [6.45, 7) is 0.0224. The highest BCUT2D eigenvalue weighted by Crippen LogP contribution is 2.39. The molecule has 1 fully saturated rings. The molecule has 1 saturated heterocycles. The number of ether oxygens (including phenoxy) is 1. The van der Waals surface area contributed by atoms with E-state index in [4.69, 9.17) is 4.74 Å². The van der Waals surface area contributed by atoms with Gasteiger partial charge in [-0.3, -0.25) is 9.69 Å². The van der Waals surface area contributed by atoms with Crippen LogP contribution in [0.3, 0.4) is 0 Å². The van der Waals surface area contributed by atoms with Crippen LogP contribution >= 0.6 is 11.8 Å². The summed E-state index contributed by atoms with van der Waals surface area (Å²) in [5.41, 5.74) is 0.535. The normalized spacial score (nSPS) is 20.9. The van der Waals surface area contributed by atoms with Gasteiger partial charge in [0, 0.05) is 17.4 Å². The molecule has 1 aromatic rings. The number of carbonyl (C=O) groups is 2. The highest BCUT2D eigenvalue weighted by atomic mass is 32.2. The maximum atomic E-state index is 13.1. The number of benzene rings is 1. The van der Waals surface area contributed by atoms with Crippen LogP contribution in [0.2, 0.25) is 0 Å². The van der Waals surface area contributed by atoms with Gasteiger partial charge in [-0.2, -0.15) is 0 Å². The maximum Gasteiger partial charge on any atom is 0.352 e. The first-order chi connectivity index (χ1) is 10.1. The summed E-state index contributed by atoms with van der Waals surface area (Å²) >= 11 is 1.51. The predicted octanol–water partition coefficient (Wildman–Crippen LogP) is 1.85. The van der Waals surface area contributed by atoms with Crippen LogP contribution in [-0.4, -0.2) is 39.6 Å². The number of halogens is 1. The first kappa shape index (κ1) is 13.9. The van der Waals surface area contributed by atoms with E-state index in [9.17, 15) is 19.1 Å². The maximum absolute atomic E-state index is 13.1. The SMILES string of the molecule is O=C(O)C1=C(COc2cccc(F)c2)CSC2CC(=O)N12. The minimum absolute atomic E-state index is 0.00593. The highest BCUT2D eigenvalue weighted by Gasteiger charge is 2.45. The Labute approximate surface area is 124 Å². The number of carboxylic acids is 1. The van der Waals surface area contributed by atoms with Crippen LogP contribution in [0.15, 0.2) is 35.5 Å². The molecule has 2 heterocycles. The van der Waals surface area contributed by atoms with Gasteiger partial charge < -0.3 is 9.84 Å². The van der Waals surface area contributed by atoms with Crippen LogP contribution in [0.4, 0.5) is 4.39 Å². The average molecular weight is 309 g/mol. The molecular formula is C14H12FNO4S. The fourth-order valence-electron chi connectivity index (χ4n) is 2.32. The zero-order chi connectivity index (χ0) is 15.0. The molecule has 0 radical (unpaired) electrons. The molecule has 0 aliphatic carbocycles. The van der Waals surface area contributed by atoms with Gasteiger partial charge in [0.25, 0.3) is 0 Å². The lowest BCUT2D eigenvalue weighted by molar-refractivity contribution is -0.146. The van der Waals surface area contributed by atoms with E-state index in [0.29, 0.717) is 23.5 Å². The summed E-state index contributed by atoms with van der Waals surface area (Å²) in [7, 11) is 0. The van der Waals surface area contributed by atoms with Crippen molar-refractivity contribution in [1.29, 1.82) is 0 Å². The monoisotopic (exact) mass is 309 g/mol. The zero-order valence-electron chi connectivity index (χ0n) is 10.9. The van der Waals surface area contributed by atoms with E-state index in [1.54, 1.807) is 6.07 Å². The van der Waals surface area contributed by atoms with Gasteiger partial charge in [0.1, 0.15) is 23.9 Å². The zero-order valence-corrected chi connectivity index (χ0v) is 11.7. The van der Waals surface area contributed by atoms with Crippen LogP contribution in [0.25, 0.3) is 0 Å². The lowest BCUT2D eigenvalue weighted by atomic mass is 10.1. The molecule has 2 aliphatic rings. The lowest BCUT2D eigenvalue weighted by Crippen LogP contribution is -2.54. The molecule has 5 nitrogen and oxygen atoms in total. The van der Waals surface area contributed by atoms with E-state index >= 15 is 0 Å². The molecule has 21 heavy (non-hydrogen) atoms. The molecule has 0 bridgehead atoms. The largest absolute Gasteiger partial charge is 0.489 e. The third-order valence-corrected chi connectivity index (χ3v) is 4.62. The van der Waals surface area contributed by atoms with E-state index in [0.717, 1.165) is 0 Å². The van der Waals surface area contributed by atoms with Crippen LogP contribution < -0.4 is 4.74 Å². The van der Waals surface area contributed by atoms with E-state index in [1.807, 2.05) is 0 Å². The van der Waals surface area contributed by atoms with Crippen LogP contribution in [0, 0.1) is 5.82 Å². The topological polar surface area (TPSA) is 66.8 Å². The molecule has 0 aromatic heterocycles. The number of hydrogen-bond donors (Lipinski definition) is 1. The molecule has 1 aromatic carbocycles. The molecule has 2 aliphatic heterocycles. The molecule has 7 heteroatoms. The summed E-state index contributed by atoms with van der Waals surface area (Å²) < 4.78 is 18.5. The summed E-state index contributed by atoms with van der Waals surface area (Å²) in [6.07, 6.45) is 0.374. The Hall–Kier alpha value is -2.02. The average Bonchev–Trinajstić information content (AvgIpc) is 2.44. The summed E-state index contributed by atoms with van der Waals surface area (Å²) in [6, 6.07) is 5.64. The highest BCUT2D eigenvalue weighted by molar-refractivity contribution is 8.00. The van der Waals surface area contributed by atoms with Gasteiger partial charge in [-0.25, -0.2) is 9.18 Å². The molecular weight excluding hydrogens is 297 g/mol. The minimum atomic E-state index is -1.13. The quantitative estimate of drug-likeness (QED) is 0.860. The Balaban J connectivity index is 1.80. The first-order valence-corrected chi connectivity index (χ1v) is 7.38. The van der Waals surface area contributed by atoms with E-state index in [2.05, 4.69) is 0 Å².